The average molecular weight is 577 g/mol. The molecule has 1 atom stereocenters. The van der Waals surface area contributed by atoms with Crippen molar-refractivity contribution < 1.29 is 27.5 Å². The summed E-state index contributed by atoms with van der Waals surface area (Å²) in [5.41, 5.74) is 3.79. The first-order valence-electron chi connectivity index (χ1n) is 14.0. The van der Waals surface area contributed by atoms with Gasteiger partial charge in [-0.15, -0.1) is 0 Å². The second-order valence-corrected chi connectivity index (χ2v) is 12.7. The first-order valence-corrected chi connectivity index (χ1v) is 15.6. The van der Waals surface area contributed by atoms with Crippen molar-refractivity contribution in [2.75, 3.05) is 31.6 Å². The molecule has 3 aromatic rings. The highest BCUT2D eigenvalue weighted by atomic mass is 32.2. The van der Waals surface area contributed by atoms with Crippen LogP contribution in [0.3, 0.4) is 0 Å². The first kappa shape index (κ1) is 28.7. The van der Waals surface area contributed by atoms with Gasteiger partial charge in [-0.05, 0) is 73.7 Å². The lowest BCUT2D eigenvalue weighted by Gasteiger charge is -2.27. The van der Waals surface area contributed by atoms with Crippen molar-refractivity contribution in [3.8, 4) is 11.5 Å². The van der Waals surface area contributed by atoms with E-state index in [4.69, 9.17) is 9.47 Å². The highest BCUT2D eigenvalue weighted by molar-refractivity contribution is 7.90. The minimum atomic E-state index is -3.81. The monoisotopic (exact) mass is 576 g/mol. The van der Waals surface area contributed by atoms with Gasteiger partial charge in [0, 0.05) is 37.2 Å². The average Bonchev–Trinajstić information content (AvgIpc) is 3.41. The Labute approximate surface area is 241 Å². The van der Waals surface area contributed by atoms with Crippen LogP contribution in [0, 0.1) is 13.8 Å². The van der Waals surface area contributed by atoms with E-state index >= 15 is 0 Å². The number of rotatable bonds is 8. The molecule has 9 heteroatoms. The number of carbonyl (C=O) groups excluding carboxylic acids is 2. The number of anilines is 1. The molecule has 5 rings (SSSR count). The number of sulfone groups is 1. The number of methoxy groups -OCH3 is 1. The minimum Gasteiger partial charge on any atom is -0.495 e. The van der Waals surface area contributed by atoms with Crippen LogP contribution in [0.1, 0.15) is 52.7 Å². The molecule has 0 bridgehead atoms. The van der Waals surface area contributed by atoms with E-state index in [2.05, 4.69) is 0 Å². The van der Waals surface area contributed by atoms with E-state index in [1.807, 2.05) is 36.9 Å². The summed E-state index contributed by atoms with van der Waals surface area (Å²) < 4.78 is 38.8. The highest BCUT2D eigenvalue weighted by Crippen LogP contribution is 2.33. The van der Waals surface area contributed by atoms with Crippen LogP contribution in [0.2, 0.25) is 0 Å². The molecular formula is C32H36N2O6S. The smallest absolute Gasteiger partial charge is 0.254 e. The van der Waals surface area contributed by atoms with Crippen molar-refractivity contribution in [3.05, 3.63) is 82.9 Å². The molecule has 0 N–H and O–H groups in total. The topological polar surface area (TPSA) is 93.2 Å². The van der Waals surface area contributed by atoms with Crippen LogP contribution >= 0.6 is 0 Å². The second-order valence-electron chi connectivity index (χ2n) is 10.8. The van der Waals surface area contributed by atoms with Gasteiger partial charge < -0.3 is 19.3 Å². The van der Waals surface area contributed by atoms with E-state index < -0.39 is 9.84 Å². The summed E-state index contributed by atoms with van der Waals surface area (Å²) in [6.45, 7) is 5.53. The maximum Gasteiger partial charge on any atom is 0.254 e. The van der Waals surface area contributed by atoms with Crippen molar-refractivity contribution in [1.29, 1.82) is 0 Å². The molecule has 2 aliphatic rings. The third kappa shape index (κ3) is 6.25. The molecule has 2 heterocycles. The third-order valence-corrected chi connectivity index (χ3v) is 9.50. The predicted molar refractivity (Wildman–Crippen MR) is 157 cm³/mol. The maximum atomic E-state index is 13.6. The summed E-state index contributed by atoms with van der Waals surface area (Å²) in [5.74, 6) is 0.554. The molecule has 3 aromatic carbocycles. The lowest BCUT2D eigenvalue weighted by molar-refractivity contribution is -0.119. The van der Waals surface area contributed by atoms with Crippen LogP contribution in [-0.2, 0) is 20.4 Å². The fourth-order valence-corrected chi connectivity index (χ4v) is 7.20. The van der Waals surface area contributed by atoms with Gasteiger partial charge in [0.25, 0.3) is 5.91 Å². The van der Waals surface area contributed by atoms with Gasteiger partial charge in [-0.25, -0.2) is 8.42 Å². The summed E-state index contributed by atoms with van der Waals surface area (Å²) in [5, 5.41) is 0. The summed E-state index contributed by atoms with van der Waals surface area (Å²) in [6.07, 6.45) is 2.69. The Hall–Kier alpha value is -3.85. The number of amides is 2. The Morgan fingerprint density at radius 1 is 0.976 bits per heavy atom. The molecule has 216 valence electrons. The molecule has 0 aliphatic carbocycles. The molecule has 2 fully saturated rings. The molecule has 41 heavy (non-hydrogen) atoms. The molecule has 2 aliphatic heterocycles. The Morgan fingerprint density at radius 2 is 1.73 bits per heavy atom. The number of likely N-dealkylation sites (tertiary alicyclic amines) is 1. The number of aryl methyl sites for hydroxylation is 2. The van der Waals surface area contributed by atoms with E-state index in [1.165, 1.54) is 13.2 Å². The van der Waals surface area contributed by atoms with Gasteiger partial charge in [0.15, 0.2) is 9.84 Å². The van der Waals surface area contributed by atoms with Crippen molar-refractivity contribution in [2.24, 2.45) is 0 Å². The lowest BCUT2D eigenvalue weighted by Crippen LogP contribution is -2.35. The summed E-state index contributed by atoms with van der Waals surface area (Å²) in [6, 6.07) is 17.8. The minimum absolute atomic E-state index is 0.00386. The number of hydrogen-bond acceptors (Lipinski definition) is 6. The van der Waals surface area contributed by atoms with E-state index in [9.17, 15) is 18.0 Å². The van der Waals surface area contributed by atoms with Crippen molar-refractivity contribution in [3.63, 3.8) is 0 Å². The second kappa shape index (κ2) is 11.9. The van der Waals surface area contributed by atoms with Crippen molar-refractivity contribution in [1.82, 2.24) is 4.90 Å². The van der Waals surface area contributed by atoms with Crippen LogP contribution in [-0.4, -0.2) is 58.0 Å². The van der Waals surface area contributed by atoms with Crippen LogP contribution in [0.15, 0.2) is 65.6 Å². The summed E-state index contributed by atoms with van der Waals surface area (Å²) >= 11 is 0. The van der Waals surface area contributed by atoms with Gasteiger partial charge in [0.2, 0.25) is 5.91 Å². The quantitative estimate of drug-likeness (QED) is 0.371. The van der Waals surface area contributed by atoms with Gasteiger partial charge >= 0.3 is 0 Å². The number of piperidine rings is 1. The SMILES string of the molecule is COc1ccc(N2CCCCC2=O)cc1S(=O)(=O)Cc1cccc(O[C@H]2CCN(C(=O)c3c(C)cccc3C)C2)c1. The summed E-state index contributed by atoms with van der Waals surface area (Å²) in [7, 11) is -2.37. The molecule has 0 unspecified atom stereocenters. The molecule has 2 saturated heterocycles. The van der Waals surface area contributed by atoms with Gasteiger partial charge in [-0.1, -0.05) is 30.3 Å². The van der Waals surface area contributed by atoms with Crippen molar-refractivity contribution in [2.45, 2.75) is 56.3 Å². The lowest BCUT2D eigenvalue weighted by atomic mass is 10.0. The number of nitrogens with zero attached hydrogens (tertiary/aromatic N) is 2. The number of ether oxygens (including phenoxy) is 2. The fourth-order valence-electron chi connectivity index (χ4n) is 5.67. The van der Waals surface area contributed by atoms with Crippen LogP contribution in [0.5, 0.6) is 11.5 Å². The first-order chi connectivity index (χ1) is 19.7. The third-order valence-electron chi connectivity index (χ3n) is 7.80. The molecule has 2 amide bonds. The Kier molecular flexibility index (Phi) is 8.35. The molecule has 8 nitrogen and oxygen atoms in total. The highest BCUT2D eigenvalue weighted by Gasteiger charge is 2.30. The number of benzene rings is 3. The molecular weight excluding hydrogens is 540 g/mol. The van der Waals surface area contributed by atoms with Crippen LogP contribution in [0.25, 0.3) is 0 Å². The van der Waals surface area contributed by atoms with E-state index in [1.54, 1.807) is 41.3 Å². The largest absolute Gasteiger partial charge is 0.495 e. The Morgan fingerprint density at radius 3 is 2.46 bits per heavy atom. The Bertz CT molecular complexity index is 1550. The normalized spacial score (nSPS) is 17.5. The molecule has 0 radical (unpaired) electrons. The Balaban J connectivity index is 1.29. The summed E-state index contributed by atoms with van der Waals surface area (Å²) in [4.78, 5) is 29.2. The van der Waals surface area contributed by atoms with Gasteiger partial charge in [-0.2, -0.15) is 0 Å². The van der Waals surface area contributed by atoms with Gasteiger partial charge in [0.05, 0.1) is 19.4 Å². The van der Waals surface area contributed by atoms with E-state index in [-0.39, 0.29) is 34.3 Å². The number of carbonyl (C=O) groups is 2. The van der Waals surface area contributed by atoms with E-state index in [0.717, 1.165) is 29.5 Å². The molecule has 0 spiro atoms. The van der Waals surface area contributed by atoms with Crippen LogP contribution < -0.4 is 14.4 Å². The van der Waals surface area contributed by atoms with Crippen molar-refractivity contribution >= 4 is 27.3 Å². The van der Waals surface area contributed by atoms with Gasteiger partial charge in [-0.3, -0.25) is 9.59 Å². The zero-order valence-electron chi connectivity index (χ0n) is 23.8. The fraction of sp³-hybridized carbons (Fsp3) is 0.375. The van der Waals surface area contributed by atoms with Crippen LogP contribution in [0.4, 0.5) is 5.69 Å². The predicted octanol–water partition coefficient (Wildman–Crippen LogP) is 5.10. The molecule has 0 aromatic heterocycles. The van der Waals surface area contributed by atoms with Gasteiger partial charge in [0.1, 0.15) is 22.5 Å². The molecule has 0 saturated carbocycles. The zero-order chi connectivity index (χ0) is 29.1. The standard InChI is InChI=1S/C32H36N2O6S/c1-22-8-6-9-23(2)31(22)32(36)33-17-15-27(20-33)40-26-11-7-10-24(18-26)21-41(37,38)29-19-25(13-14-28(29)39-3)34-16-5-4-12-30(34)35/h6-11,13-14,18-19,27H,4-5,12,15-17,20-21H2,1-3H3/t27-/m0/s1. The van der Waals surface area contributed by atoms with E-state index in [0.29, 0.717) is 49.5 Å². The maximum absolute atomic E-state index is 13.6. The number of hydrogen-bond donors (Lipinski definition) is 0. The zero-order valence-corrected chi connectivity index (χ0v) is 24.6.